The van der Waals surface area contributed by atoms with Gasteiger partial charge < -0.3 is 14.0 Å². The zero-order chi connectivity index (χ0) is 34.9. The molecule has 11 rings (SSSR count). The highest BCUT2D eigenvalue weighted by Gasteiger charge is 2.56. The van der Waals surface area contributed by atoms with Crippen LogP contribution in [0.5, 0.6) is 0 Å². The van der Waals surface area contributed by atoms with Gasteiger partial charge in [0.25, 0.3) is 0 Å². The van der Waals surface area contributed by atoms with Gasteiger partial charge in [-0.1, -0.05) is 115 Å². The van der Waals surface area contributed by atoms with Gasteiger partial charge in [-0.15, -0.1) is 0 Å². The summed E-state index contributed by atoms with van der Waals surface area (Å²) in [7, 11) is 0. The molecule has 1 aromatic heterocycles. The Morgan fingerprint density at radius 3 is 2.45 bits per heavy atom. The van der Waals surface area contributed by atoms with E-state index >= 15 is 0 Å². The Hall–Kier alpha value is -5.12. The molecule has 3 nitrogen and oxygen atoms in total. The molecule has 2 saturated heterocycles. The van der Waals surface area contributed by atoms with Gasteiger partial charge in [0, 0.05) is 40.1 Å². The van der Waals surface area contributed by atoms with Gasteiger partial charge in [-0.2, -0.15) is 0 Å². The van der Waals surface area contributed by atoms with Gasteiger partial charge in [0.05, 0.1) is 29.0 Å². The number of hydrogen-bond donors (Lipinski definition) is 0. The highest BCUT2D eigenvalue weighted by Crippen LogP contribution is 2.58. The largest absolute Gasteiger partial charge is 0.490 e. The number of ether oxygens (including phenoxy) is 2. The van der Waals surface area contributed by atoms with Crippen molar-refractivity contribution in [3.05, 3.63) is 180 Å². The Labute approximate surface area is 312 Å². The minimum atomic E-state index is -0.0244. The Morgan fingerprint density at radius 2 is 1.53 bits per heavy atom. The van der Waals surface area contributed by atoms with Crippen molar-refractivity contribution in [1.82, 2.24) is 4.57 Å². The van der Waals surface area contributed by atoms with Crippen molar-refractivity contribution in [3.8, 4) is 5.69 Å². The van der Waals surface area contributed by atoms with E-state index in [4.69, 9.17) is 9.47 Å². The fourth-order valence-corrected chi connectivity index (χ4v) is 11.2. The molecule has 0 radical (unpaired) electrons. The van der Waals surface area contributed by atoms with Crippen molar-refractivity contribution in [2.24, 2.45) is 35.5 Å². The highest BCUT2D eigenvalue weighted by atomic mass is 16.5. The van der Waals surface area contributed by atoms with Crippen LogP contribution in [0.4, 0.5) is 0 Å². The summed E-state index contributed by atoms with van der Waals surface area (Å²) < 4.78 is 16.6. The first-order valence-corrected chi connectivity index (χ1v) is 19.9. The summed E-state index contributed by atoms with van der Waals surface area (Å²) in [6.07, 6.45) is 39.0. The number of rotatable bonds is 4. The van der Waals surface area contributed by atoms with E-state index in [-0.39, 0.29) is 30.1 Å². The van der Waals surface area contributed by atoms with Crippen LogP contribution in [0.15, 0.2) is 175 Å². The van der Waals surface area contributed by atoms with E-state index in [0.29, 0.717) is 23.7 Å². The summed E-state index contributed by atoms with van der Waals surface area (Å²) in [6, 6.07) is 26.5. The minimum absolute atomic E-state index is 0.0215. The number of benzene rings is 3. The van der Waals surface area contributed by atoms with Crippen molar-refractivity contribution < 1.29 is 9.47 Å². The summed E-state index contributed by atoms with van der Waals surface area (Å²) in [5.41, 5.74) is 9.15. The third-order valence-electron chi connectivity index (χ3n) is 13.3. The fraction of sp³-hybridized carbons (Fsp3) is 0.280. The fourth-order valence-electron chi connectivity index (χ4n) is 11.2. The number of hydrogen-bond acceptors (Lipinski definition) is 2. The molecular weight excluding hydrogens is 647 g/mol. The van der Waals surface area contributed by atoms with Crippen molar-refractivity contribution in [2.45, 2.75) is 50.4 Å². The van der Waals surface area contributed by atoms with Crippen LogP contribution >= 0.6 is 0 Å². The van der Waals surface area contributed by atoms with Crippen LogP contribution in [0.25, 0.3) is 33.1 Å². The minimum Gasteiger partial charge on any atom is -0.490 e. The van der Waals surface area contributed by atoms with Gasteiger partial charge in [-0.05, 0) is 109 Å². The van der Waals surface area contributed by atoms with E-state index in [1.54, 1.807) is 0 Å². The van der Waals surface area contributed by atoms with Crippen LogP contribution in [0, 0.1) is 35.5 Å². The zero-order valence-electron chi connectivity index (χ0n) is 30.0. The standard InChI is InChI=1S/C50H45NO2/c1-3-15-32(16-4-1)35-23-14-28-45-49(35)50(48-38-20-8-11-26-43(38)52-44-27-12-9-21-39(44)48)40-30-29-33(31-46(40)53-45)36-22-13-25-42-47(36)37-19-7-10-24-41(37)51(42)34-17-5-2-6-18-34/h1-3,5-8,10-11,13-15,17-20,22-31,38-40,43,45-46,48-50H,4,9,12,16,21H2. The van der Waals surface area contributed by atoms with E-state index in [0.717, 1.165) is 19.3 Å². The maximum atomic E-state index is 7.35. The topological polar surface area (TPSA) is 23.4 Å². The third kappa shape index (κ3) is 5.04. The second-order valence-electron chi connectivity index (χ2n) is 15.9. The molecule has 3 aromatic carbocycles. The molecular formula is C50H45NO2. The molecule has 2 fully saturated rings. The second kappa shape index (κ2) is 12.8. The van der Waals surface area contributed by atoms with Gasteiger partial charge >= 0.3 is 0 Å². The first-order chi connectivity index (χ1) is 26.3. The molecule has 0 amide bonds. The SMILES string of the molecule is C1=CCCC(C2=CC=CC3OC4C=C(c5cccc6c5c5ccccc5n6-c5ccccc5)C=CC4C(C4C5CCCC=C5OC5C=CC=CC54)C23)=C1. The third-order valence-corrected chi connectivity index (χ3v) is 13.3. The van der Waals surface area contributed by atoms with Crippen LogP contribution in [0.3, 0.4) is 0 Å². The molecule has 0 N–H and O–H groups in total. The first-order valence-electron chi connectivity index (χ1n) is 19.9. The summed E-state index contributed by atoms with van der Waals surface area (Å²) in [4.78, 5) is 0. The quantitative estimate of drug-likeness (QED) is 0.213. The average Bonchev–Trinajstić information content (AvgIpc) is 3.57. The smallest absolute Gasteiger partial charge is 0.123 e. The Morgan fingerprint density at radius 1 is 0.679 bits per heavy atom. The highest BCUT2D eigenvalue weighted by molar-refractivity contribution is 6.14. The van der Waals surface area contributed by atoms with E-state index < -0.39 is 0 Å². The molecule has 0 saturated carbocycles. The van der Waals surface area contributed by atoms with Crippen molar-refractivity contribution >= 4 is 27.4 Å². The van der Waals surface area contributed by atoms with Crippen molar-refractivity contribution in [2.75, 3.05) is 0 Å². The predicted octanol–water partition coefficient (Wildman–Crippen LogP) is 11.6. The lowest BCUT2D eigenvalue weighted by atomic mass is 9.54. The van der Waals surface area contributed by atoms with E-state index in [2.05, 4.69) is 162 Å². The van der Waals surface area contributed by atoms with Crippen molar-refractivity contribution in [3.63, 3.8) is 0 Å². The van der Waals surface area contributed by atoms with Crippen LogP contribution in [-0.4, -0.2) is 22.9 Å². The molecule has 53 heavy (non-hydrogen) atoms. The lowest BCUT2D eigenvalue weighted by Crippen LogP contribution is -2.56. The van der Waals surface area contributed by atoms with Gasteiger partial charge in [-0.25, -0.2) is 0 Å². The predicted molar refractivity (Wildman–Crippen MR) is 216 cm³/mol. The zero-order valence-corrected chi connectivity index (χ0v) is 30.0. The van der Waals surface area contributed by atoms with Crippen LogP contribution < -0.4 is 0 Å². The van der Waals surface area contributed by atoms with E-state index in [1.165, 1.54) is 68.4 Å². The molecule has 7 aliphatic rings. The summed E-state index contributed by atoms with van der Waals surface area (Å²) in [5.74, 6) is 3.40. The molecule has 9 atom stereocenters. The van der Waals surface area contributed by atoms with Gasteiger partial charge in [0.15, 0.2) is 0 Å². The Kier molecular flexibility index (Phi) is 7.57. The number of fused-ring (bicyclic) bond motifs is 7. The number of para-hydroxylation sites is 2. The molecule has 5 aliphatic carbocycles. The molecule has 9 unspecified atom stereocenters. The maximum absolute atomic E-state index is 7.35. The van der Waals surface area contributed by atoms with Crippen molar-refractivity contribution in [1.29, 1.82) is 0 Å². The first kappa shape index (κ1) is 31.4. The molecule has 0 spiro atoms. The average molecular weight is 692 g/mol. The molecule has 4 aromatic rings. The second-order valence-corrected chi connectivity index (χ2v) is 15.9. The number of nitrogens with zero attached hydrogens (tertiary/aromatic N) is 1. The molecule has 3 heterocycles. The number of aromatic nitrogens is 1. The summed E-state index contributed by atoms with van der Waals surface area (Å²) in [5, 5.41) is 2.58. The lowest BCUT2D eigenvalue weighted by Gasteiger charge is -2.56. The van der Waals surface area contributed by atoms with Gasteiger partial charge in [-0.3, -0.25) is 0 Å². The van der Waals surface area contributed by atoms with Crippen LogP contribution in [0.2, 0.25) is 0 Å². The van der Waals surface area contributed by atoms with E-state index in [1.807, 2.05) is 0 Å². The maximum Gasteiger partial charge on any atom is 0.123 e. The molecule has 262 valence electrons. The van der Waals surface area contributed by atoms with E-state index in [9.17, 15) is 0 Å². The monoisotopic (exact) mass is 691 g/mol. The molecule has 0 bridgehead atoms. The lowest BCUT2D eigenvalue weighted by molar-refractivity contribution is -0.129. The van der Waals surface area contributed by atoms with Gasteiger partial charge in [0.2, 0.25) is 0 Å². The molecule has 3 heteroatoms. The normalized spacial score (nSPS) is 32.5. The van der Waals surface area contributed by atoms with Crippen LogP contribution in [0.1, 0.15) is 37.7 Å². The van der Waals surface area contributed by atoms with Crippen LogP contribution in [-0.2, 0) is 9.47 Å². The summed E-state index contributed by atoms with van der Waals surface area (Å²) in [6.45, 7) is 0. The van der Waals surface area contributed by atoms with Gasteiger partial charge in [0.1, 0.15) is 6.10 Å². The Bertz CT molecular complexity index is 2390. The Balaban J connectivity index is 1.06. The summed E-state index contributed by atoms with van der Waals surface area (Å²) >= 11 is 0. The number of allylic oxidation sites excluding steroid dienone is 12. The molecule has 2 aliphatic heterocycles.